The van der Waals surface area contributed by atoms with Gasteiger partial charge in [-0.1, -0.05) is 0 Å². The molecule has 32 heavy (non-hydrogen) atoms. The number of carboxylic acid groups (broad SMARTS) is 1. The molecule has 0 aliphatic heterocycles. The van der Waals surface area contributed by atoms with Gasteiger partial charge in [0.15, 0.2) is 18.1 Å². The van der Waals surface area contributed by atoms with Crippen molar-refractivity contribution in [2.45, 2.75) is 58.9 Å². The number of hydrogen-bond acceptors (Lipinski definition) is 10. The molecular formula is C18H29N6O7P. The van der Waals surface area contributed by atoms with Crippen LogP contribution >= 0.6 is 7.52 Å². The van der Waals surface area contributed by atoms with Gasteiger partial charge in [0.2, 0.25) is 0 Å². The topological polar surface area (TPSA) is 181 Å². The highest BCUT2D eigenvalue weighted by molar-refractivity contribution is 7.56. The van der Waals surface area contributed by atoms with Gasteiger partial charge >= 0.3 is 11.9 Å². The van der Waals surface area contributed by atoms with Crippen molar-refractivity contribution in [2.24, 2.45) is 0 Å². The number of ether oxygens (including phenoxy) is 2. The van der Waals surface area contributed by atoms with Crippen molar-refractivity contribution < 1.29 is 33.3 Å². The average Bonchev–Trinajstić information content (AvgIpc) is 3.08. The minimum atomic E-state index is -3.92. The molecule has 0 saturated carbocycles. The molecule has 13 nitrogen and oxygen atoms in total. The zero-order chi connectivity index (χ0) is 24.1. The molecule has 0 spiro atoms. The predicted octanol–water partition coefficient (Wildman–Crippen LogP) is 1.39. The fourth-order valence-electron chi connectivity index (χ4n) is 2.62. The van der Waals surface area contributed by atoms with Gasteiger partial charge in [0, 0.05) is 0 Å². The summed E-state index contributed by atoms with van der Waals surface area (Å²) in [5.74, 6) is -1.74. The van der Waals surface area contributed by atoms with Crippen molar-refractivity contribution in [3.63, 3.8) is 0 Å². The van der Waals surface area contributed by atoms with Crippen molar-refractivity contribution in [3.05, 3.63) is 12.7 Å². The molecule has 0 bridgehead atoms. The van der Waals surface area contributed by atoms with Crippen LogP contribution < -0.4 is 10.8 Å². The molecule has 0 unspecified atom stereocenters. The highest BCUT2D eigenvalue weighted by Crippen LogP contribution is 2.45. The number of aliphatic carboxylic acids is 1. The van der Waals surface area contributed by atoms with Crippen LogP contribution in [0.2, 0.25) is 0 Å². The van der Waals surface area contributed by atoms with Gasteiger partial charge in [-0.2, -0.15) is 0 Å². The number of nitrogens with two attached hydrogens (primary N) is 1. The molecule has 2 atom stereocenters. The van der Waals surface area contributed by atoms with E-state index in [-0.39, 0.29) is 18.5 Å². The second kappa shape index (κ2) is 10.3. The third-order valence-electron chi connectivity index (χ3n) is 4.15. The lowest BCUT2D eigenvalue weighted by Gasteiger charge is -2.28. The van der Waals surface area contributed by atoms with Gasteiger partial charge in [-0.25, -0.2) is 24.8 Å². The van der Waals surface area contributed by atoms with E-state index in [9.17, 15) is 19.3 Å². The summed E-state index contributed by atoms with van der Waals surface area (Å²) < 4.78 is 30.9. The first-order valence-corrected chi connectivity index (χ1v) is 11.6. The number of nitrogen functional groups attached to an aromatic ring is 1. The summed E-state index contributed by atoms with van der Waals surface area (Å²) in [4.78, 5) is 35.5. The number of hydrogen-bond donors (Lipinski definition) is 3. The largest absolute Gasteiger partial charge is 0.480 e. The first-order valence-electron chi connectivity index (χ1n) is 9.82. The first kappa shape index (κ1) is 25.7. The Morgan fingerprint density at radius 1 is 1.28 bits per heavy atom. The zero-order valence-corrected chi connectivity index (χ0v) is 19.5. The summed E-state index contributed by atoms with van der Waals surface area (Å²) in [5.41, 5.74) is 5.14. The number of aromatic nitrogens is 4. The number of imidazole rings is 1. The Balaban J connectivity index is 2.08. The summed E-state index contributed by atoms with van der Waals surface area (Å²) in [6.07, 6.45) is 1.48. The quantitative estimate of drug-likeness (QED) is 0.299. The van der Waals surface area contributed by atoms with Crippen LogP contribution in [0, 0.1) is 0 Å². The molecule has 2 rings (SSSR count). The molecule has 0 fully saturated rings. The van der Waals surface area contributed by atoms with Crippen LogP contribution in [0.15, 0.2) is 12.7 Å². The van der Waals surface area contributed by atoms with Gasteiger partial charge in [-0.15, -0.1) is 0 Å². The van der Waals surface area contributed by atoms with E-state index in [1.807, 2.05) is 0 Å². The Labute approximate surface area is 185 Å². The number of esters is 1. The van der Waals surface area contributed by atoms with Crippen LogP contribution in [0.5, 0.6) is 0 Å². The van der Waals surface area contributed by atoms with Crippen molar-refractivity contribution in [3.8, 4) is 0 Å². The number of carboxylic acids is 1. The van der Waals surface area contributed by atoms with E-state index in [0.717, 1.165) is 0 Å². The molecular weight excluding hydrogens is 443 g/mol. The molecule has 0 saturated heterocycles. The number of nitrogens with one attached hydrogen (secondary N) is 1. The van der Waals surface area contributed by atoms with Gasteiger partial charge in [-0.3, -0.25) is 9.36 Å². The standard InChI is InChI=1S/C18H29N6O7P/c1-11(2)31-13(25)7-30-32(28,23-18(4,5)17(26)27)10-29-12(3)6-24-9-22-14-15(19)20-8-21-16(14)24/h8-9,11-12H,6-7,10H2,1-5H3,(H,23,28)(H,26,27)(H2,19,20,21)/t12-,32+/m1/s1. The van der Waals surface area contributed by atoms with Crippen LogP contribution in [-0.4, -0.2) is 67.3 Å². The zero-order valence-electron chi connectivity index (χ0n) is 18.6. The summed E-state index contributed by atoms with van der Waals surface area (Å²) in [7, 11) is -3.92. The third kappa shape index (κ3) is 6.95. The number of fused-ring (bicyclic) bond motifs is 1. The van der Waals surface area contributed by atoms with Gasteiger partial charge < -0.3 is 29.4 Å². The van der Waals surface area contributed by atoms with Crippen LogP contribution in [0.25, 0.3) is 11.2 Å². The van der Waals surface area contributed by atoms with E-state index < -0.39 is 44.1 Å². The van der Waals surface area contributed by atoms with Gasteiger partial charge in [0.1, 0.15) is 23.7 Å². The molecule has 2 heterocycles. The van der Waals surface area contributed by atoms with E-state index in [0.29, 0.717) is 11.2 Å². The van der Waals surface area contributed by atoms with E-state index in [4.69, 9.17) is 19.7 Å². The molecule has 0 aromatic carbocycles. The minimum absolute atomic E-state index is 0.244. The first-order chi connectivity index (χ1) is 14.8. The Morgan fingerprint density at radius 3 is 2.59 bits per heavy atom. The van der Waals surface area contributed by atoms with Gasteiger partial charge in [0.25, 0.3) is 7.52 Å². The van der Waals surface area contributed by atoms with Gasteiger partial charge in [0.05, 0.1) is 25.1 Å². The molecule has 0 radical (unpaired) electrons. The predicted molar refractivity (Wildman–Crippen MR) is 115 cm³/mol. The Bertz CT molecular complexity index is 1010. The SMILES string of the molecule is CC(C)OC(=O)CO[P@@](=O)(CO[C@H](C)Cn1cnc2c(N)ncnc21)NC(C)(C)C(=O)O. The second-order valence-electron chi connectivity index (χ2n) is 7.96. The van der Waals surface area contributed by atoms with Gasteiger partial charge in [-0.05, 0) is 34.6 Å². The molecule has 2 aromatic heterocycles. The average molecular weight is 472 g/mol. The number of nitrogens with zero attached hydrogens (tertiary/aromatic N) is 4. The Morgan fingerprint density at radius 2 is 1.97 bits per heavy atom. The van der Waals surface area contributed by atoms with Crippen LogP contribution in [-0.2, 0) is 34.7 Å². The van der Waals surface area contributed by atoms with Crippen LogP contribution in [0.4, 0.5) is 5.82 Å². The smallest absolute Gasteiger partial charge is 0.332 e. The summed E-state index contributed by atoms with van der Waals surface area (Å²) in [6.45, 7) is 7.34. The van der Waals surface area contributed by atoms with Crippen molar-refractivity contribution in [1.29, 1.82) is 0 Å². The number of rotatable bonds is 12. The maximum Gasteiger partial charge on any atom is 0.332 e. The van der Waals surface area contributed by atoms with E-state index in [1.165, 1.54) is 26.5 Å². The number of carbonyl (C=O) groups is 2. The molecule has 0 aliphatic rings. The maximum atomic E-state index is 13.3. The Kier molecular flexibility index (Phi) is 8.29. The van der Waals surface area contributed by atoms with Crippen molar-refractivity contribution in [2.75, 3.05) is 18.7 Å². The highest BCUT2D eigenvalue weighted by Gasteiger charge is 2.38. The molecule has 0 aliphatic carbocycles. The summed E-state index contributed by atoms with van der Waals surface area (Å²) in [6, 6.07) is 0. The van der Waals surface area contributed by atoms with E-state index in [1.54, 1.807) is 25.3 Å². The molecule has 2 aromatic rings. The van der Waals surface area contributed by atoms with E-state index in [2.05, 4.69) is 20.0 Å². The molecule has 0 amide bonds. The summed E-state index contributed by atoms with van der Waals surface area (Å²) in [5, 5.41) is 11.8. The summed E-state index contributed by atoms with van der Waals surface area (Å²) >= 11 is 0. The van der Waals surface area contributed by atoms with E-state index >= 15 is 0 Å². The third-order valence-corrected chi connectivity index (χ3v) is 6.09. The van der Waals surface area contributed by atoms with Crippen LogP contribution in [0.3, 0.4) is 0 Å². The fourth-order valence-corrected chi connectivity index (χ4v) is 4.53. The lowest BCUT2D eigenvalue weighted by molar-refractivity contribution is -0.149. The molecule has 4 N–H and O–H groups in total. The number of anilines is 1. The second-order valence-corrected chi connectivity index (χ2v) is 10.0. The monoisotopic (exact) mass is 472 g/mol. The van der Waals surface area contributed by atoms with Crippen molar-refractivity contribution >= 4 is 36.4 Å². The van der Waals surface area contributed by atoms with Crippen molar-refractivity contribution in [1.82, 2.24) is 24.6 Å². The fraction of sp³-hybridized carbons (Fsp3) is 0.611. The Hall–Kier alpha value is -2.60. The maximum absolute atomic E-state index is 13.3. The number of carbonyl (C=O) groups excluding carboxylic acids is 1. The normalized spacial score (nSPS) is 14.9. The lowest BCUT2D eigenvalue weighted by Crippen LogP contribution is -2.46. The highest BCUT2D eigenvalue weighted by atomic mass is 31.2. The lowest BCUT2D eigenvalue weighted by atomic mass is 10.1. The molecule has 178 valence electrons. The molecule has 14 heteroatoms. The minimum Gasteiger partial charge on any atom is -0.480 e. The van der Waals surface area contributed by atoms with Crippen LogP contribution in [0.1, 0.15) is 34.6 Å².